The number of nitrogen functional groups attached to an aromatic ring is 1. The molecule has 4 nitrogen and oxygen atoms in total. The highest BCUT2D eigenvalue weighted by Gasteiger charge is 2.34. The maximum absolute atomic E-state index is 12.9. The van der Waals surface area contributed by atoms with Crippen LogP contribution in [0.2, 0.25) is 0 Å². The molecule has 2 N–H and O–H groups in total. The van der Waals surface area contributed by atoms with Gasteiger partial charge in [-0.3, -0.25) is 4.98 Å². The van der Waals surface area contributed by atoms with Gasteiger partial charge in [0.1, 0.15) is 5.82 Å². The number of hydrogen-bond donors (Lipinski definition) is 1. The lowest BCUT2D eigenvalue weighted by atomic mass is 10.1. The second kappa shape index (κ2) is 6.38. The molecule has 1 aliphatic carbocycles. The highest BCUT2D eigenvalue weighted by Crippen LogP contribution is 2.46. The van der Waals surface area contributed by atoms with Gasteiger partial charge in [0.05, 0.1) is 15.6 Å². The number of nitrogens with zero attached hydrogens (tertiary/aromatic N) is 3. The minimum Gasteiger partial charge on any atom is -0.384 e. The molecule has 0 saturated heterocycles. The molecule has 0 radical (unpaired) electrons. The summed E-state index contributed by atoms with van der Waals surface area (Å²) in [7, 11) is 0. The molecule has 0 spiro atoms. The Balaban J connectivity index is 1.62. The number of aromatic nitrogens is 3. The molecule has 3 heterocycles. The van der Waals surface area contributed by atoms with Crippen LogP contribution >= 0.6 is 23.1 Å². The van der Waals surface area contributed by atoms with E-state index in [-0.39, 0.29) is 16.2 Å². The van der Waals surface area contributed by atoms with Crippen molar-refractivity contribution in [3.8, 4) is 0 Å². The molecule has 0 aromatic carbocycles. The number of fused-ring (bicyclic) bond motifs is 1. The van der Waals surface area contributed by atoms with E-state index in [0.717, 1.165) is 28.2 Å². The third-order valence-corrected chi connectivity index (χ3v) is 6.18. The number of alkyl halides is 3. The van der Waals surface area contributed by atoms with Crippen LogP contribution in [0.25, 0.3) is 10.1 Å². The van der Waals surface area contributed by atoms with Gasteiger partial charge in [0.2, 0.25) is 0 Å². The van der Waals surface area contributed by atoms with Gasteiger partial charge in [-0.25, -0.2) is 9.97 Å². The third kappa shape index (κ3) is 3.50. The summed E-state index contributed by atoms with van der Waals surface area (Å²) in [6, 6.07) is 2.78. The molecular weight excluding hydrogens is 381 g/mol. The first-order valence-corrected chi connectivity index (χ1v) is 9.82. The molecule has 1 aliphatic rings. The van der Waals surface area contributed by atoms with E-state index in [4.69, 9.17) is 5.73 Å². The maximum Gasteiger partial charge on any atom is 0.433 e. The largest absolute Gasteiger partial charge is 0.433 e. The minimum atomic E-state index is -4.55. The van der Waals surface area contributed by atoms with E-state index in [9.17, 15) is 13.2 Å². The summed E-state index contributed by atoms with van der Waals surface area (Å²) in [5.74, 6) is 0.438. The van der Waals surface area contributed by atoms with Crippen LogP contribution in [-0.2, 0) is 6.18 Å². The van der Waals surface area contributed by atoms with Gasteiger partial charge in [-0.1, -0.05) is 11.8 Å². The van der Waals surface area contributed by atoms with E-state index in [1.807, 2.05) is 19.2 Å². The Morgan fingerprint density at radius 1 is 1.27 bits per heavy atom. The number of thioether (sulfide) groups is 1. The van der Waals surface area contributed by atoms with Crippen molar-refractivity contribution in [2.45, 2.75) is 42.3 Å². The summed E-state index contributed by atoms with van der Waals surface area (Å²) in [4.78, 5) is 12.0. The van der Waals surface area contributed by atoms with Crippen LogP contribution in [0.3, 0.4) is 0 Å². The smallest absolute Gasteiger partial charge is 0.384 e. The molecule has 1 unspecified atom stereocenters. The average molecular weight is 396 g/mol. The van der Waals surface area contributed by atoms with Gasteiger partial charge in [0.15, 0.2) is 10.9 Å². The number of hydrogen-bond acceptors (Lipinski definition) is 6. The fourth-order valence-electron chi connectivity index (χ4n) is 2.76. The summed E-state index contributed by atoms with van der Waals surface area (Å²) in [6.45, 7) is 1.88. The second-order valence-electron chi connectivity index (χ2n) is 6.29. The maximum atomic E-state index is 12.9. The molecule has 0 aliphatic heterocycles. The lowest BCUT2D eigenvalue weighted by molar-refractivity contribution is -0.141. The van der Waals surface area contributed by atoms with Crippen molar-refractivity contribution in [2.24, 2.45) is 0 Å². The summed E-state index contributed by atoms with van der Waals surface area (Å²) in [5, 5.41) is 3.18. The van der Waals surface area contributed by atoms with Gasteiger partial charge < -0.3 is 5.73 Å². The predicted molar refractivity (Wildman–Crippen MR) is 97.3 cm³/mol. The van der Waals surface area contributed by atoms with Crippen molar-refractivity contribution in [3.63, 3.8) is 0 Å². The van der Waals surface area contributed by atoms with E-state index in [2.05, 4.69) is 20.3 Å². The molecule has 0 bridgehead atoms. The Bertz CT molecular complexity index is 966. The Hall–Kier alpha value is -1.87. The zero-order chi connectivity index (χ0) is 18.5. The van der Waals surface area contributed by atoms with Crippen molar-refractivity contribution in [1.82, 2.24) is 15.0 Å². The second-order valence-corrected chi connectivity index (χ2v) is 8.51. The summed E-state index contributed by atoms with van der Waals surface area (Å²) in [6.07, 6.45) is -0.293. The lowest BCUT2D eigenvalue weighted by Crippen LogP contribution is -2.11. The van der Waals surface area contributed by atoms with Crippen molar-refractivity contribution in [3.05, 3.63) is 40.7 Å². The highest BCUT2D eigenvalue weighted by molar-refractivity contribution is 7.99. The average Bonchev–Trinajstić information content (AvgIpc) is 3.32. The van der Waals surface area contributed by atoms with Gasteiger partial charge >= 0.3 is 6.18 Å². The molecule has 4 rings (SSSR count). The van der Waals surface area contributed by atoms with Crippen LogP contribution in [0.15, 0.2) is 28.9 Å². The quantitative estimate of drug-likeness (QED) is 0.471. The van der Waals surface area contributed by atoms with Gasteiger partial charge in [-0.2, -0.15) is 13.2 Å². The Kier molecular flexibility index (Phi) is 4.31. The predicted octanol–water partition coefficient (Wildman–Crippen LogP) is 5.42. The first-order valence-electron chi connectivity index (χ1n) is 8.06. The Labute approximate surface area is 156 Å². The number of pyridine rings is 1. The Morgan fingerprint density at radius 2 is 2.04 bits per heavy atom. The minimum absolute atomic E-state index is 0.000503. The number of rotatable bonds is 4. The van der Waals surface area contributed by atoms with Gasteiger partial charge in [0.25, 0.3) is 0 Å². The third-order valence-electron chi connectivity index (χ3n) is 4.24. The monoisotopic (exact) mass is 396 g/mol. The molecule has 1 saturated carbocycles. The van der Waals surface area contributed by atoms with Crippen molar-refractivity contribution in [1.29, 1.82) is 0 Å². The zero-order valence-electron chi connectivity index (χ0n) is 13.7. The van der Waals surface area contributed by atoms with Crippen LogP contribution < -0.4 is 5.73 Å². The molecule has 3 aromatic heterocycles. The van der Waals surface area contributed by atoms with Gasteiger partial charge in [0, 0.05) is 12.3 Å². The zero-order valence-corrected chi connectivity index (χ0v) is 15.4. The SMILES string of the molecule is CC(Sc1nc(N)cc(C(F)(F)F)n1)c1cc2c(C3CC3)csc2cn1. The first-order chi connectivity index (χ1) is 12.3. The topological polar surface area (TPSA) is 64.7 Å². The summed E-state index contributed by atoms with van der Waals surface area (Å²) in [5.41, 5.74) is 6.63. The van der Waals surface area contributed by atoms with Gasteiger partial charge in [-0.05, 0) is 48.1 Å². The lowest BCUT2D eigenvalue weighted by Gasteiger charge is -2.12. The van der Waals surface area contributed by atoms with Crippen LogP contribution in [0.1, 0.15) is 47.9 Å². The summed E-state index contributed by atoms with van der Waals surface area (Å²) < 4.78 is 39.9. The van der Waals surface area contributed by atoms with Crippen LogP contribution in [0.4, 0.5) is 19.0 Å². The number of halogens is 3. The normalized spacial score (nSPS) is 16.2. The van der Waals surface area contributed by atoms with E-state index >= 15 is 0 Å². The molecule has 1 atom stereocenters. The van der Waals surface area contributed by atoms with E-state index in [1.54, 1.807) is 11.3 Å². The van der Waals surface area contributed by atoms with Crippen LogP contribution in [0, 0.1) is 0 Å². The van der Waals surface area contributed by atoms with Crippen LogP contribution in [-0.4, -0.2) is 15.0 Å². The fraction of sp³-hybridized carbons (Fsp3) is 0.353. The summed E-state index contributed by atoms with van der Waals surface area (Å²) >= 11 is 2.80. The molecule has 1 fully saturated rings. The number of thiophene rings is 1. The highest BCUT2D eigenvalue weighted by atomic mass is 32.2. The number of nitrogens with two attached hydrogens (primary N) is 1. The molecular formula is C17H15F3N4S2. The van der Waals surface area contributed by atoms with E-state index in [1.165, 1.54) is 23.8 Å². The molecule has 0 amide bonds. The van der Waals surface area contributed by atoms with Crippen LogP contribution in [0.5, 0.6) is 0 Å². The molecule has 26 heavy (non-hydrogen) atoms. The van der Waals surface area contributed by atoms with E-state index < -0.39 is 11.9 Å². The standard InChI is InChI=1S/C17H15F3N4S2/c1-8(26-16-23-14(17(18,19)20)5-15(21)24-16)12-4-10-11(9-2-3-9)7-25-13(10)6-22-12/h4-9H,2-3H2,1H3,(H2,21,23,24). The fourth-order valence-corrected chi connectivity index (χ4v) is 4.63. The van der Waals surface area contributed by atoms with Crippen molar-refractivity contribution >= 4 is 39.0 Å². The Morgan fingerprint density at radius 3 is 2.73 bits per heavy atom. The molecule has 136 valence electrons. The van der Waals surface area contributed by atoms with Crippen molar-refractivity contribution in [2.75, 3.05) is 5.73 Å². The van der Waals surface area contributed by atoms with Gasteiger partial charge in [-0.15, -0.1) is 11.3 Å². The molecule has 3 aromatic rings. The molecule has 9 heteroatoms. The van der Waals surface area contributed by atoms with E-state index in [0.29, 0.717) is 5.92 Å². The first kappa shape index (κ1) is 17.5. The van der Waals surface area contributed by atoms with Crippen molar-refractivity contribution < 1.29 is 13.2 Å². The number of anilines is 1.